The van der Waals surface area contributed by atoms with Crippen LogP contribution in [0.1, 0.15) is 100 Å². The zero-order valence-corrected chi connectivity index (χ0v) is 35.8. The van der Waals surface area contributed by atoms with Gasteiger partial charge in [-0.15, -0.1) is 57.3 Å². The number of aliphatic hydroxyl groups excluding tert-OH is 1. The molecule has 0 saturated carbocycles. The maximum atomic E-state index is 11.7. The minimum atomic E-state index is 0. The van der Waals surface area contributed by atoms with Crippen molar-refractivity contribution >= 4 is 69.5 Å². The van der Waals surface area contributed by atoms with Gasteiger partial charge in [0, 0.05) is 65.0 Å². The number of benzene rings is 2. The molecule has 50 heavy (non-hydrogen) atoms. The molecule has 4 nitrogen and oxygen atoms in total. The molecule has 0 amide bonds. The van der Waals surface area contributed by atoms with Crippen molar-refractivity contribution in [2.24, 2.45) is 11.8 Å². The van der Waals surface area contributed by atoms with Crippen LogP contribution < -0.4 is 0 Å². The van der Waals surface area contributed by atoms with Gasteiger partial charge in [0.25, 0.3) is 0 Å². The molecule has 6 aromatic rings. The Bertz CT molecular complexity index is 2120. The summed E-state index contributed by atoms with van der Waals surface area (Å²) in [7, 11) is 0. The number of carbonyl (C=O) groups excluding carboxylic acids is 1. The molecule has 0 fully saturated rings. The molecule has 1 N–H and O–H groups in total. The van der Waals surface area contributed by atoms with Crippen LogP contribution in [0.5, 0.6) is 0 Å². The van der Waals surface area contributed by atoms with Gasteiger partial charge in [-0.2, -0.15) is 0 Å². The van der Waals surface area contributed by atoms with E-state index in [2.05, 4.69) is 71.9 Å². The van der Waals surface area contributed by atoms with Crippen LogP contribution in [0.4, 0.5) is 0 Å². The molecule has 0 aliphatic carbocycles. The van der Waals surface area contributed by atoms with Crippen molar-refractivity contribution in [1.29, 1.82) is 0 Å². The van der Waals surface area contributed by atoms with Gasteiger partial charge in [0.15, 0.2) is 5.78 Å². The number of carbonyl (C=O) groups is 1. The van der Waals surface area contributed by atoms with Gasteiger partial charge in [0.1, 0.15) is 5.01 Å². The number of aliphatic hydroxyl groups is 1. The van der Waals surface area contributed by atoms with E-state index in [4.69, 9.17) is 9.97 Å². The zero-order valence-electron chi connectivity index (χ0n) is 30.9. The van der Waals surface area contributed by atoms with Crippen molar-refractivity contribution in [1.82, 2.24) is 9.97 Å². The van der Waals surface area contributed by atoms with E-state index < -0.39 is 0 Å². The molecular formula is C42H49IrN2O2S3-. The van der Waals surface area contributed by atoms with Crippen molar-refractivity contribution in [2.75, 3.05) is 0 Å². The minimum absolute atomic E-state index is 0. The summed E-state index contributed by atoms with van der Waals surface area (Å²) in [6, 6.07) is 14.6. The molecular weight excluding hydrogens is 853 g/mol. The molecule has 4 heterocycles. The summed E-state index contributed by atoms with van der Waals surface area (Å²) in [5.74, 6) is 0.963. The number of aryl methyl sites for hydroxylation is 4. The predicted molar refractivity (Wildman–Crippen MR) is 215 cm³/mol. The standard InChI is InChI=1S/C29H25N2S3.C13H24O2.Ir/c1-14(2)20-12-19(13-22-25(20)24-17(5)18(6)32-29(24)33-22)26-27-21(10-11-30-26)31-28(34-27)23-15(3)8-7-9-16(23)4;1-5-10(6-2)12(14)9-13(15)11(7-3)8-4;/h7-12,14H,1-6H3;9-11,14H,5-8H2,1-4H3;/q-1;;/b;12-9-;. The number of aromatic nitrogens is 2. The van der Waals surface area contributed by atoms with Crippen molar-refractivity contribution in [3.05, 3.63) is 81.6 Å². The van der Waals surface area contributed by atoms with Crippen LogP contribution in [0, 0.1) is 45.6 Å². The number of hydrogen-bond acceptors (Lipinski definition) is 7. The van der Waals surface area contributed by atoms with Crippen LogP contribution in [0.25, 0.3) is 51.5 Å². The van der Waals surface area contributed by atoms with E-state index in [9.17, 15) is 9.90 Å². The molecule has 1 radical (unpaired) electrons. The van der Waals surface area contributed by atoms with Crippen molar-refractivity contribution in [3.8, 4) is 21.8 Å². The summed E-state index contributed by atoms with van der Waals surface area (Å²) in [4.78, 5) is 23.0. The summed E-state index contributed by atoms with van der Waals surface area (Å²) in [6.45, 7) is 21.5. The first-order valence-corrected chi connectivity index (χ1v) is 20.0. The molecule has 0 saturated heterocycles. The van der Waals surface area contributed by atoms with Gasteiger partial charge in [-0.25, -0.2) is 4.98 Å². The first-order valence-electron chi connectivity index (χ1n) is 17.6. The van der Waals surface area contributed by atoms with E-state index >= 15 is 0 Å². The Hall–Kier alpha value is -2.74. The smallest absolute Gasteiger partial charge is 0.162 e. The molecule has 0 aliphatic heterocycles. The van der Waals surface area contributed by atoms with Crippen molar-refractivity contribution < 1.29 is 30.0 Å². The van der Waals surface area contributed by atoms with Gasteiger partial charge in [-0.05, 0) is 92.1 Å². The minimum Gasteiger partial charge on any atom is -0.512 e. The van der Waals surface area contributed by atoms with Crippen LogP contribution in [0.2, 0.25) is 0 Å². The van der Waals surface area contributed by atoms with E-state index in [-0.39, 0.29) is 43.5 Å². The molecule has 267 valence electrons. The quantitative estimate of drug-likeness (QED) is 0.0845. The molecule has 2 aromatic carbocycles. The number of allylic oxidation sites excluding steroid dienone is 2. The van der Waals surface area contributed by atoms with Crippen LogP contribution in [-0.2, 0) is 24.9 Å². The van der Waals surface area contributed by atoms with Crippen molar-refractivity contribution in [3.63, 3.8) is 0 Å². The third kappa shape index (κ3) is 8.00. The molecule has 0 aliphatic rings. The Morgan fingerprint density at radius 3 is 2.14 bits per heavy atom. The van der Waals surface area contributed by atoms with Crippen LogP contribution >= 0.6 is 34.0 Å². The van der Waals surface area contributed by atoms with Gasteiger partial charge < -0.3 is 10.1 Å². The number of rotatable bonds is 10. The maximum absolute atomic E-state index is 11.7. The first-order chi connectivity index (χ1) is 23.4. The zero-order chi connectivity index (χ0) is 35.6. The second-order valence-electron chi connectivity index (χ2n) is 13.3. The summed E-state index contributed by atoms with van der Waals surface area (Å²) < 4.78 is 3.78. The molecule has 0 spiro atoms. The van der Waals surface area contributed by atoms with E-state index in [1.807, 2.05) is 62.6 Å². The Labute approximate surface area is 323 Å². The second kappa shape index (κ2) is 17.2. The van der Waals surface area contributed by atoms with E-state index in [0.29, 0.717) is 5.92 Å². The largest absolute Gasteiger partial charge is 0.512 e. The van der Waals surface area contributed by atoms with E-state index in [0.717, 1.165) is 52.2 Å². The SMILES string of the molecule is CCC(CC)C(=O)/C=C(\O)C(CC)CC.Cc1cccc(C)c1-c1nc2ccnc(-c3[c-]c4sc5sc(C)c(C)c5c4c(C(C)C)c3)c2s1.[Ir]. The third-order valence-corrected chi connectivity index (χ3v) is 13.3. The van der Waals surface area contributed by atoms with Crippen LogP contribution in [0.15, 0.2) is 48.4 Å². The number of nitrogens with zero attached hydrogens (tertiary/aromatic N) is 2. The Morgan fingerprint density at radius 1 is 0.900 bits per heavy atom. The van der Waals surface area contributed by atoms with E-state index in [1.54, 1.807) is 11.3 Å². The summed E-state index contributed by atoms with van der Waals surface area (Å²) in [5.41, 5.74) is 9.61. The van der Waals surface area contributed by atoms with Gasteiger partial charge in [-0.1, -0.05) is 65.1 Å². The van der Waals surface area contributed by atoms with Gasteiger partial charge in [0.2, 0.25) is 0 Å². The molecule has 0 atom stereocenters. The fourth-order valence-corrected chi connectivity index (χ4v) is 10.6. The molecule has 0 bridgehead atoms. The molecule has 4 aromatic heterocycles. The van der Waals surface area contributed by atoms with Gasteiger partial charge in [-0.3, -0.25) is 4.79 Å². The van der Waals surface area contributed by atoms with Crippen molar-refractivity contribution in [2.45, 2.75) is 101 Å². The summed E-state index contributed by atoms with van der Waals surface area (Å²) in [5, 5.41) is 13.6. The monoisotopic (exact) mass is 902 g/mol. The molecule has 6 rings (SSSR count). The first kappa shape index (κ1) is 40.0. The van der Waals surface area contributed by atoms with Crippen LogP contribution in [-0.4, -0.2) is 20.9 Å². The Kier molecular flexibility index (Phi) is 13.8. The summed E-state index contributed by atoms with van der Waals surface area (Å²) in [6.07, 6.45) is 6.79. The Morgan fingerprint density at radius 2 is 1.54 bits per heavy atom. The third-order valence-electron chi connectivity index (χ3n) is 9.82. The normalized spacial score (nSPS) is 12.0. The average Bonchev–Trinajstić information content (AvgIpc) is 3.73. The number of pyridine rings is 1. The number of fused-ring (bicyclic) bond motifs is 4. The fraction of sp³-hybridized carbons (Fsp3) is 0.405. The topological polar surface area (TPSA) is 63.1 Å². The number of hydrogen-bond donors (Lipinski definition) is 1. The van der Waals surface area contributed by atoms with Gasteiger partial charge >= 0.3 is 0 Å². The summed E-state index contributed by atoms with van der Waals surface area (Å²) >= 11 is 5.52. The number of ketones is 1. The van der Waals surface area contributed by atoms with Crippen LogP contribution in [0.3, 0.4) is 0 Å². The number of thiophene rings is 2. The Balaban J connectivity index is 0.000000301. The van der Waals surface area contributed by atoms with E-state index in [1.165, 1.54) is 58.3 Å². The fourth-order valence-electron chi connectivity index (χ4n) is 6.63. The van der Waals surface area contributed by atoms with Gasteiger partial charge in [0.05, 0.1) is 15.3 Å². The molecule has 8 heteroatoms. The number of thiazole rings is 1. The molecule has 0 unspecified atom stereocenters. The second-order valence-corrected chi connectivity index (χ2v) is 16.8. The predicted octanol–water partition coefficient (Wildman–Crippen LogP) is 13.5. The average molecular weight is 902 g/mol. The maximum Gasteiger partial charge on any atom is 0.162 e.